The lowest BCUT2D eigenvalue weighted by Crippen LogP contribution is -2.36. The van der Waals surface area contributed by atoms with E-state index in [0.717, 1.165) is 29.8 Å². The molecule has 0 unspecified atom stereocenters. The minimum atomic E-state index is -3.50. The van der Waals surface area contributed by atoms with Gasteiger partial charge in [0.25, 0.3) is 0 Å². The summed E-state index contributed by atoms with van der Waals surface area (Å²) in [5, 5.41) is 2.41. The SMILES string of the molecule is CC(C)(C(=O)Nc1ccc(-c2cncc(C3CC3)n2)cn1)c1ccnc(NS(=O)(=O)C2CC2)n1. The zero-order valence-corrected chi connectivity index (χ0v) is 19.7. The molecule has 0 saturated heterocycles. The molecule has 2 N–H and O–H groups in total. The number of hydrogen-bond donors (Lipinski definition) is 2. The van der Waals surface area contributed by atoms with Gasteiger partial charge in [0.15, 0.2) is 0 Å². The Balaban J connectivity index is 1.29. The van der Waals surface area contributed by atoms with E-state index in [2.05, 4.69) is 35.0 Å². The minimum absolute atomic E-state index is 0.0395. The number of sulfonamides is 1. The summed E-state index contributed by atoms with van der Waals surface area (Å²) in [5.74, 6) is 0.518. The maximum absolute atomic E-state index is 13.1. The normalized spacial score (nSPS) is 16.2. The number of carbonyl (C=O) groups excluding carboxylic acids is 1. The first-order valence-electron chi connectivity index (χ1n) is 11.2. The van der Waals surface area contributed by atoms with Gasteiger partial charge in [-0.3, -0.25) is 14.5 Å². The third kappa shape index (κ3) is 4.74. The third-order valence-corrected chi connectivity index (χ3v) is 7.83. The van der Waals surface area contributed by atoms with Crippen molar-refractivity contribution >= 4 is 27.7 Å². The molecule has 2 saturated carbocycles. The van der Waals surface area contributed by atoms with Crippen molar-refractivity contribution in [1.29, 1.82) is 0 Å². The van der Waals surface area contributed by atoms with Gasteiger partial charge in [0.2, 0.25) is 21.9 Å². The van der Waals surface area contributed by atoms with Crippen LogP contribution in [0.3, 0.4) is 0 Å². The summed E-state index contributed by atoms with van der Waals surface area (Å²) in [5.41, 5.74) is 1.89. The number of aromatic nitrogens is 5. The van der Waals surface area contributed by atoms with E-state index in [1.165, 1.54) is 6.20 Å². The van der Waals surface area contributed by atoms with Crippen molar-refractivity contribution in [3.8, 4) is 11.3 Å². The number of amides is 1. The molecular weight excluding hydrogens is 454 g/mol. The second-order valence-electron chi connectivity index (χ2n) is 9.23. The lowest BCUT2D eigenvalue weighted by atomic mass is 9.88. The van der Waals surface area contributed by atoms with Gasteiger partial charge in [0, 0.05) is 30.1 Å². The van der Waals surface area contributed by atoms with E-state index in [-0.39, 0.29) is 11.9 Å². The molecule has 3 heterocycles. The molecule has 0 atom stereocenters. The molecule has 3 aromatic rings. The van der Waals surface area contributed by atoms with E-state index in [4.69, 9.17) is 0 Å². The highest BCUT2D eigenvalue weighted by Gasteiger charge is 2.37. The molecule has 0 aliphatic heterocycles. The maximum Gasteiger partial charge on any atom is 0.237 e. The van der Waals surface area contributed by atoms with Crippen molar-refractivity contribution in [2.45, 2.75) is 56.1 Å². The average Bonchev–Trinajstić information content (AvgIpc) is 3.72. The summed E-state index contributed by atoms with van der Waals surface area (Å²) in [6.07, 6.45) is 10.2. The Morgan fingerprint density at radius 2 is 1.79 bits per heavy atom. The topological polar surface area (TPSA) is 140 Å². The fraction of sp³-hybridized carbons (Fsp3) is 0.391. The molecule has 0 bridgehead atoms. The van der Waals surface area contributed by atoms with Gasteiger partial charge in [-0.15, -0.1) is 0 Å². The predicted molar refractivity (Wildman–Crippen MR) is 126 cm³/mol. The summed E-state index contributed by atoms with van der Waals surface area (Å²) in [7, 11) is -3.50. The molecule has 0 spiro atoms. The summed E-state index contributed by atoms with van der Waals surface area (Å²) in [6.45, 7) is 3.41. The summed E-state index contributed by atoms with van der Waals surface area (Å²) in [4.78, 5) is 34.7. The van der Waals surface area contributed by atoms with Crippen molar-refractivity contribution in [2.24, 2.45) is 0 Å². The number of carbonyl (C=O) groups is 1. The van der Waals surface area contributed by atoms with E-state index < -0.39 is 20.7 Å². The van der Waals surface area contributed by atoms with Crippen molar-refractivity contribution in [3.63, 3.8) is 0 Å². The molecule has 176 valence electrons. The van der Waals surface area contributed by atoms with Gasteiger partial charge >= 0.3 is 0 Å². The summed E-state index contributed by atoms with van der Waals surface area (Å²) < 4.78 is 26.8. The zero-order chi connectivity index (χ0) is 23.9. The highest BCUT2D eigenvalue weighted by Crippen LogP contribution is 2.39. The van der Waals surface area contributed by atoms with Gasteiger partial charge in [-0.05, 0) is 57.7 Å². The van der Waals surface area contributed by atoms with Gasteiger partial charge in [-0.2, -0.15) is 0 Å². The molecular formula is C23H25N7O3S. The number of hydrogen-bond acceptors (Lipinski definition) is 8. The van der Waals surface area contributed by atoms with Crippen LogP contribution in [0.4, 0.5) is 11.8 Å². The van der Waals surface area contributed by atoms with E-state index in [0.29, 0.717) is 30.3 Å². The first-order chi connectivity index (χ1) is 16.2. The van der Waals surface area contributed by atoms with Gasteiger partial charge in [0.05, 0.1) is 33.9 Å². The fourth-order valence-corrected chi connectivity index (χ4v) is 4.73. The lowest BCUT2D eigenvalue weighted by molar-refractivity contribution is -0.120. The fourth-order valence-electron chi connectivity index (χ4n) is 3.45. The van der Waals surface area contributed by atoms with Crippen molar-refractivity contribution < 1.29 is 13.2 Å². The van der Waals surface area contributed by atoms with E-state index in [1.807, 2.05) is 6.07 Å². The highest BCUT2D eigenvalue weighted by molar-refractivity contribution is 7.93. The molecule has 34 heavy (non-hydrogen) atoms. The smallest absolute Gasteiger partial charge is 0.237 e. The molecule has 11 heteroatoms. The summed E-state index contributed by atoms with van der Waals surface area (Å²) >= 11 is 0. The molecule has 5 rings (SSSR count). The third-order valence-electron chi connectivity index (χ3n) is 6.01. The molecule has 0 aromatic carbocycles. The first-order valence-corrected chi connectivity index (χ1v) is 12.7. The Kier molecular flexibility index (Phi) is 5.51. The van der Waals surface area contributed by atoms with Crippen LogP contribution >= 0.6 is 0 Å². The van der Waals surface area contributed by atoms with Gasteiger partial charge < -0.3 is 5.32 Å². The molecule has 0 radical (unpaired) electrons. The Hall–Kier alpha value is -3.47. The molecule has 3 aromatic heterocycles. The van der Waals surface area contributed by atoms with Crippen LogP contribution in [-0.2, 0) is 20.2 Å². The Morgan fingerprint density at radius 1 is 1.00 bits per heavy atom. The number of nitrogens with one attached hydrogen (secondary N) is 2. The number of rotatable bonds is 8. The van der Waals surface area contributed by atoms with Crippen LogP contribution in [-0.4, -0.2) is 44.5 Å². The largest absolute Gasteiger partial charge is 0.310 e. The Morgan fingerprint density at radius 3 is 2.47 bits per heavy atom. The predicted octanol–water partition coefficient (Wildman–Crippen LogP) is 3.03. The average molecular weight is 480 g/mol. The molecule has 2 aliphatic rings. The second kappa shape index (κ2) is 8.39. The monoisotopic (exact) mass is 479 g/mol. The maximum atomic E-state index is 13.1. The summed E-state index contributed by atoms with van der Waals surface area (Å²) in [6, 6.07) is 5.15. The van der Waals surface area contributed by atoms with E-state index in [9.17, 15) is 13.2 Å². The zero-order valence-electron chi connectivity index (χ0n) is 18.9. The molecule has 1 amide bonds. The van der Waals surface area contributed by atoms with Gasteiger partial charge in [-0.1, -0.05) is 0 Å². The highest BCUT2D eigenvalue weighted by atomic mass is 32.2. The Labute approximate surface area is 197 Å². The van der Waals surface area contributed by atoms with Crippen molar-refractivity contribution in [2.75, 3.05) is 10.0 Å². The van der Waals surface area contributed by atoms with Crippen molar-refractivity contribution in [3.05, 3.63) is 54.4 Å². The number of anilines is 2. The van der Waals surface area contributed by atoms with Crippen LogP contribution in [0.25, 0.3) is 11.3 Å². The van der Waals surface area contributed by atoms with Crippen LogP contribution in [0.2, 0.25) is 0 Å². The van der Waals surface area contributed by atoms with Crippen LogP contribution in [0.5, 0.6) is 0 Å². The molecule has 10 nitrogen and oxygen atoms in total. The second-order valence-corrected chi connectivity index (χ2v) is 11.2. The van der Waals surface area contributed by atoms with Crippen molar-refractivity contribution in [1.82, 2.24) is 24.9 Å². The lowest BCUT2D eigenvalue weighted by Gasteiger charge is -2.23. The van der Waals surface area contributed by atoms with E-state index >= 15 is 0 Å². The molecule has 2 aliphatic carbocycles. The van der Waals surface area contributed by atoms with Gasteiger partial charge in [0.1, 0.15) is 5.82 Å². The standard InChI is InChI=1S/C23H25N7O3S/c1-23(2,19-9-10-25-22(28-19)30-34(32,33)16-6-7-16)21(31)29-20-8-5-15(11-26-20)18-13-24-12-17(27-18)14-3-4-14/h5,8-14,16H,3-4,6-7H2,1-2H3,(H,25,28,30)(H,26,29,31). The molecule has 2 fully saturated rings. The van der Waals surface area contributed by atoms with Crippen LogP contribution in [0.1, 0.15) is 56.8 Å². The minimum Gasteiger partial charge on any atom is -0.310 e. The Bertz CT molecular complexity index is 1330. The number of nitrogens with zero attached hydrogens (tertiary/aromatic N) is 5. The van der Waals surface area contributed by atoms with Crippen LogP contribution < -0.4 is 10.0 Å². The first kappa shape index (κ1) is 22.3. The van der Waals surface area contributed by atoms with Gasteiger partial charge in [-0.25, -0.2) is 28.4 Å². The van der Waals surface area contributed by atoms with Crippen LogP contribution in [0, 0.1) is 0 Å². The number of pyridine rings is 1. The quantitative estimate of drug-likeness (QED) is 0.502. The van der Waals surface area contributed by atoms with Crippen LogP contribution in [0.15, 0.2) is 43.0 Å². The van der Waals surface area contributed by atoms with E-state index in [1.54, 1.807) is 44.6 Å².